The van der Waals surface area contributed by atoms with Crippen LogP contribution < -0.4 is 14.8 Å². The maximum atomic E-state index is 14.1. The summed E-state index contributed by atoms with van der Waals surface area (Å²) in [5.41, 5.74) is 4.33. The van der Waals surface area contributed by atoms with E-state index < -0.39 is 6.04 Å². The molecule has 7 nitrogen and oxygen atoms in total. The fraction of sp³-hybridized carbons (Fsp3) is 0.333. The number of carbonyl (C=O) groups excluding carboxylic acids is 2. The van der Waals surface area contributed by atoms with Crippen molar-refractivity contribution >= 4 is 17.4 Å². The van der Waals surface area contributed by atoms with Gasteiger partial charge in [-0.05, 0) is 61.2 Å². The molecule has 0 saturated heterocycles. The number of para-hydroxylation sites is 1. The largest absolute Gasteiger partial charge is 0.454 e. The molecule has 1 fully saturated rings. The second-order valence-corrected chi connectivity index (χ2v) is 10.0. The minimum atomic E-state index is -0.798. The van der Waals surface area contributed by atoms with E-state index in [1.54, 1.807) is 11.0 Å². The van der Waals surface area contributed by atoms with Crippen LogP contribution in [0.25, 0.3) is 11.3 Å². The molecule has 7 heteroatoms. The summed E-state index contributed by atoms with van der Waals surface area (Å²) in [5.74, 6) is 0.991. The zero-order valence-corrected chi connectivity index (χ0v) is 21.0. The van der Waals surface area contributed by atoms with Crippen LogP contribution in [0, 0.1) is 0 Å². The number of fused-ring (bicyclic) bond motifs is 4. The first-order chi connectivity index (χ1) is 18.1. The first-order valence-electron chi connectivity index (χ1n) is 13.0. The quantitative estimate of drug-likeness (QED) is 0.542. The highest BCUT2D eigenvalue weighted by atomic mass is 16.7. The number of amides is 2. The molecule has 1 unspecified atom stereocenters. The van der Waals surface area contributed by atoms with E-state index in [-0.39, 0.29) is 31.2 Å². The first kappa shape index (κ1) is 23.4. The van der Waals surface area contributed by atoms with Gasteiger partial charge >= 0.3 is 0 Å². The van der Waals surface area contributed by atoms with Gasteiger partial charge in [0.25, 0.3) is 0 Å². The average molecular weight is 498 g/mol. The predicted molar refractivity (Wildman–Crippen MR) is 140 cm³/mol. The van der Waals surface area contributed by atoms with E-state index in [0.29, 0.717) is 11.5 Å². The number of aromatic nitrogens is 1. The van der Waals surface area contributed by atoms with Crippen molar-refractivity contribution < 1.29 is 19.1 Å². The number of hydrogen-bond donors (Lipinski definition) is 1. The van der Waals surface area contributed by atoms with E-state index >= 15 is 0 Å². The third-order valence-corrected chi connectivity index (χ3v) is 7.57. The Hall–Kier alpha value is -4.00. The molecule has 1 saturated carbocycles. The molecule has 3 aromatic rings. The van der Waals surface area contributed by atoms with Gasteiger partial charge in [0.1, 0.15) is 6.04 Å². The molecular weight excluding hydrogens is 466 g/mol. The van der Waals surface area contributed by atoms with Crippen LogP contribution in [0.1, 0.15) is 61.9 Å². The lowest BCUT2D eigenvalue weighted by Gasteiger charge is -2.33. The van der Waals surface area contributed by atoms with Gasteiger partial charge in [0, 0.05) is 36.1 Å². The maximum Gasteiger partial charge on any atom is 0.248 e. The van der Waals surface area contributed by atoms with Crippen LogP contribution in [0.2, 0.25) is 0 Å². The Bertz CT molecular complexity index is 1370. The van der Waals surface area contributed by atoms with Gasteiger partial charge in [-0.25, -0.2) is 0 Å². The molecule has 0 spiro atoms. The van der Waals surface area contributed by atoms with E-state index in [0.717, 1.165) is 53.8 Å². The molecule has 1 atom stereocenters. The second kappa shape index (κ2) is 9.81. The minimum absolute atomic E-state index is 0.128. The van der Waals surface area contributed by atoms with Gasteiger partial charge < -0.3 is 24.3 Å². The molecule has 3 heterocycles. The standard InChI is InChI=1S/C30H31N3O4/c1-20-16-28(34)33(18-21-13-14-26-27(17-21)37-19-36-26)29(30(35)31-22-8-3-2-4-9-22)23-10-5-6-11-25(23)32-15-7-12-24(20)32/h5-7,10-17,22,29H,2-4,8-9,18-19H2,1H3,(H,31,35)/b20-16-. The van der Waals surface area contributed by atoms with Gasteiger partial charge in [0.2, 0.25) is 18.6 Å². The van der Waals surface area contributed by atoms with Gasteiger partial charge in [-0.2, -0.15) is 0 Å². The van der Waals surface area contributed by atoms with Crippen LogP contribution in [0.3, 0.4) is 0 Å². The molecule has 1 aromatic heterocycles. The van der Waals surface area contributed by atoms with Crippen molar-refractivity contribution in [2.24, 2.45) is 0 Å². The first-order valence-corrected chi connectivity index (χ1v) is 13.0. The Kier molecular flexibility index (Phi) is 6.20. The number of carbonyl (C=O) groups is 2. The number of nitrogens with zero attached hydrogens (tertiary/aromatic N) is 2. The number of hydrogen-bond acceptors (Lipinski definition) is 4. The molecular formula is C30H31N3O4. The molecule has 37 heavy (non-hydrogen) atoms. The highest BCUT2D eigenvalue weighted by Crippen LogP contribution is 2.36. The van der Waals surface area contributed by atoms with Crippen molar-refractivity contribution in [2.75, 3.05) is 6.79 Å². The van der Waals surface area contributed by atoms with Crippen LogP contribution in [-0.4, -0.2) is 34.1 Å². The Morgan fingerprint density at radius 2 is 1.81 bits per heavy atom. The van der Waals surface area contributed by atoms with Gasteiger partial charge in [-0.15, -0.1) is 0 Å². The average Bonchev–Trinajstić information content (AvgIpc) is 3.58. The Balaban J connectivity index is 1.46. The summed E-state index contributed by atoms with van der Waals surface area (Å²) in [5, 5.41) is 3.30. The molecule has 1 aliphatic carbocycles. The SMILES string of the molecule is C/C1=C/C(=O)N(Cc2ccc3c(c2)OCO3)C(C(=O)NC2CCCCC2)c2ccccc2-n2cccc21. The summed E-state index contributed by atoms with van der Waals surface area (Å²) in [4.78, 5) is 29.7. The summed E-state index contributed by atoms with van der Waals surface area (Å²) in [6.45, 7) is 2.38. The summed E-state index contributed by atoms with van der Waals surface area (Å²) >= 11 is 0. The summed E-state index contributed by atoms with van der Waals surface area (Å²) in [6.07, 6.45) is 8.99. The fourth-order valence-electron chi connectivity index (χ4n) is 5.70. The number of allylic oxidation sites excluding steroid dienone is 1. The fourth-order valence-corrected chi connectivity index (χ4v) is 5.70. The maximum absolute atomic E-state index is 14.1. The molecule has 0 bridgehead atoms. The molecule has 2 aliphatic heterocycles. The van der Waals surface area contributed by atoms with E-state index in [1.807, 2.05) is 67.7 Å². The van der Waals surface area contributed by atoms with Gasteiger partial charge in [-0.1, -0.05) is 43.5 Å². The summed E-state index contributed by atoms with van der Waals surface area (Å²) < 4.78 is 13.1. The van der Waals surface area contributed by atoms with Gasteiger partial charge in [0.15, 0.2) is 11.5 Å². The molecule has 2 aromatic carbocycles. The van der Waals surface area contributed by atoms with E-state index in [4.69, 9.17) is 9.47 Å². The van der Waals surface area contributed by atoms with Crippen molar-refractivity contribution in [3.63, 3.8) is 0 Å². The highest BCUT2D eigenvalue weighted by molar-refractivity contribution is 5.99. The minimum Gasteiger partial charge on any atom is -0.454 e. The zero-order valence-electron chi connectivity index (χ0n) is 21.0. The second-order valence-electron chi connectivity index (χ2n) is 10.0. The van der Waals surface area contributed by atoms with Crippen molar-refractivity contribution in [2.45, 2.75) is 57.7 Å². The summed E-state index contributed by atoms with van der Waals surface area (Å²) in [7, 11) is 0. The normalized spacial score (nSPS) is 20.7. The number of ether oxygens (including phenoxy) is 2. The van der Waals surface area contributed by atoms with Crippen LogP contribution >= 0.6 is 0 Å². The van der Waals surface area contributed by atoms with Crippen molar-refractivity contribution in [1.82, 2.24) is 14.8 Å². The molecule has 6 rings (SSSR count). The molecule has 2 amide bonds. The highest BCUT2D eigenvalue weighted by Gasteiger charge is 2.35. The molecule has 0 radical (unpaired) electrons. The number of benzene rings is 2. The summed E-state index contributed by atoms with van der Waals surface area (Å²) in [6, 6.07) is 16.9. The third kappa shape index (κ3) is 4.50. The van der Waals surface area contributed by atoms with Crippen LogP contribution in [-0.2, 0) is 16.1 Å². The van der Waals surface area contributed by atoms with E-state index in [9.17, 15) is 9.59 Å². The van der Waals surface area contributed by atoms with E-state index in [2.05, 4.69) is 9.88 Å². The zero-order chi connectivity index (χ0) is 25.4. The van der Waals surface area contributed by atoms with Crippen LogP contribution in [0.5, 0.6) is 11.5 Å². The lowest BCUT2D eigenvalue weighted by atomic mass is 9.94. The van der Waals surface area contributed by atoms with Crippen molar-refractivity contribution in [3.8, 4) is 17.2 Å². The lowest BCUT2D eigenvalue weighted by Crippen LogP contribution is -2.46. The van der Waals surface area contributed by atoms with E-state index in [1.165, 1.54) is 6.42 Å². The predicted octanol–water partition coefficient (Wildman–Crippen LogP) is 5.14. The number of rotatable bonds is 4. The number of nitrogens with one attached hydrogen (secondary N) is 1. The Morgan fingerprint density at radius 1 is 1.00 bits per heavy atom. The topological polar surface area (TPSA) is 72.8 Å². The van der Waals surface area contributed by atoms with Crippen molar-refractivity contribution in [3.05, 3.63) is 83.7 Å². The third-order valence-electron chi connectivity index (χ3n) is 7.57. The monoisotopic (exact) mass is 497 g/mol. The van der Waals surface area contributed by atoms with Crippen molar-refractivity contribution in [1.29, 1.82) is 0 Å². The van der Waals surface area contributed by atoms with Gasteiger partial charge in [0.05, 0.1) is 5.69 Å². The molecule has 190 valence electrons. The lowest BCUT2D eigenvalue weighted by molar-refractivity contribution is -0.138. The molecule has 1 N–H and O–H groups in total. The molecule has 3 aliphatic rings. The smallest absolute Gasteiger partial charge is 0.248 e. The Morgan fingerprint density at radius 3 is 2.68 bits per heavy atom. The van der Waals surface area contributed by atoms with Gasteiger partial charge in [-0.3, -0.25) is 9.59 Å². The Labute approximate surface area is 216 Å². The van der Waals surface area contributed by atoms with Crippen LogP contribution in [0.15, 0.2) is 66.9 Å². The van der Waals surface area contributed by atoms with Crippen LogP contribution in [0.4, 0.5) is 0 Å².